The van der Waals surface area contributed by atoms with Crippen LogP contribution in [0.25, 0.3) is 0 Å². The smallest absolute Gasteiger partial charge is 0.407 e. The molecule has 212 valence electrons. The molecule has 8 heteroatoms. The molecule has 1 atom stereocenters. The molecule has 2 aromatic rings. The third-order valence-electron chi connectivity index (χ3n) is 7.55. The zero-order chi connectivity index (χ0) is 28.3. The van der Waals surface area contributed by atoms with Gasteiger partial charge in [-0.3, -0.25) is 9.59 Å². The van der Waals surface area contributed by atoms with Crippen molar-refractivity contribution in [1.29, 1.82) is 0 Å². The molecule has 2 aromatic carbocycles. The van der Waals surface area contributed by atoms with Crippen LogP contribution in [-0.2, 0) is 27.4 Å². The van der Waals surface area contributed by atoms with Crippen molar-refractivity contribution in [2.24, 2.45) is 5.92 Å². The highest BCUT2D eigenvalue weighted by atomic mass is 16.5. The summed E-state index contributed by atoms with van der Waals surface area (Å²) in [5.41, 5.74) is 2.25. The Kier molecular flexibility index (Phi) is 11.3. The van der Waals surface area contributed by atoms with Crippen molar-refractivity contribution in [1.82, 2.24) is 20.9 Å². The maximum Gasteiger partial charge on any atom is 0.407 e. The maximum atomic E-state index is 13.2. The Labute approximate surface area is 232 Å². The van der Waals surface area contributed by atoms with Gasteiger partial charge in [0.1, 0.15) is 19.2 Å². The van der Waals surface area contributed by atoms with Gasteiger partial charge in [0.25, 0.3) is 0 Å². The van der Waals surface area contributed by atoms with Gasteiger partial charge in [-0.25, -0.2) is 4.79 Å². The number of likely N-dealkylation sites (N-methyl/N-ethyl adjacent to an activating group) is 1. The van der Waals surface area contributed by atoms with Crippen molar-refractivity contribution in [3.8, 4) is 0 Å². The Bertz CT molecular complexity index is 1050. The number of carbonyl (C=O) groups is 3. The van der Waals surface area contributed by atoms with Gasteiger partial charge >= 0.3 is 6.09 Å². The molecule has 0 heterocycles. The van der Waals surface area contributed by atoms with Crippen LogP contribution >= 0.6 is 0 Å². The number of ether oxygens (including phenoxy) is 1. The molecule has 0 aliphatic heterocycles. The molecule has 0 saturated heterocycles. The molecule has 0 spiro atoms. The Morgan fingerprint density at radius 2 is 1.54 bits per heavy atom. The van der Waals surface area contributed by atoms with Gasteiger partial charge in [0.2, 0.25) is 11.8 Å². The van der Waals surface area contributed by atoms with Crippen molar-refractivity contribution >= 4 is 17.9 Å². The lowest BCUT2D eigenvalue weighted by Crippen LogP contribution is -2.55. The summed E-state index contributed by atoms with van der Waals surface area (Å²) in [4.78, 5) is 40.1. The molecule has 3 amide bonds. The van der Waals surface area contributed by atoms with Crippen LogP contribution in [0, 0.1) is 5.92 Å². The molecular formula is C31H44N4O4. The average Bonchev–Trinajstić information content (AvgIpc) is 2.92. The summed E-state index contributed by atoms with van der Waals surface area (Å²) < 4.78 is 5.15. The summed E-state index contributed by atoms with van der Waals surface area (Å²) >= 11 is 0. The SMILES string of the molecule is CC(C)CC(NC(=O)CNC(=O)OCc1ccccc1)C(=O)NC1CCC(Cc2ccccc2)(N(C)C)CC1. The predicted molar refractivity (Wildman–Crippen MR) is 153 cm³/mol. The van der Waals surface area contributed by atoms with Crippen molar-refractivity contribution < 1.29 is 19.1 Å². The monoisotopic (exact) mass is 536 g/mol. The van der Waals surface area contributed by atoms with E-state index in [1.807, 2.05) is 50.2 Å². The quantitative estimate of drug-likeness (QED) is 0.380. The summed E-state index contributed by atoms with van der Waals surface area (Å²) in [6.07, 6.45) is 4.54. The van der Waals surface area contributed by atoms with Gasteiger partial charge in [-0.05, 0) is 69.7 Å². The summed E-state index contributed by atoms with van der Waals surface area (Å²) in [5, 5.41) is 8.46. The molecule has 1 aliphatic rings. The molecule has 3 rings (SSSR count). The van der Waals surface area contributed by atoms with E-state index in [-0.39, 0.29) is 36.6 Å². The summed E-state index contributed by atoms with van der Waals surface area (Å²) in [5.74, 6) is -0.386. The molecule has 0 bridgehead atoms. The number of benzene rings is 2. The van der Waals surface area contributed by atoms with Gasteiger partial charge in [0.15, 0.2) is 0 Å². The highest BCUT2D eigenvalue weighted by Gasteiger charge is 2.38. The van der Waals surface area contributed by atoms with Crippen LogP contribution in [0.1, 0.15) is 57.1 Å². The molecule has 39 heavy (non-hydrogen) atoms. The number of amides is 3. The van der Waals surface area contributed by atoms with E-state index in [4.69, 9.17) is 4.74 Å². The van der Waals surface area contributed by atoms with Gasteiger partial charge in [0, 0.05) is 11.6 Å². The number of alkyl carbamates (subject to hydrolysis) is 1. The summed E-state index contributed by atoms with van der Waals surface area (Å²) in [7, 11) is 4.28. The maximum absolute atomic E-state index is 13.2. The highest BCUT2D eigenvalue weighted by molar-refractivity contribution is 5.89. The molecule has 0 aromatic heterocycles. The van der Waals surface area contributed by atoms with Crippen LogP contribution < -0.4 is 16.0 Å². The zero-order valence-corrected chi connectivity index (χ0v) is 23.7. The standard InChI is InChI=1S/C31H44N4O4/c1-23(2)19-27(34-28(36)21-32-30(38)39-22-25-13-9-6-10-14-25)29(37)33-26-15-17-31(18-16-26,35(3)4)20-24-11-7-5-8-12-24/h5-14,23,26-27H,15-22H2,1-4H3,(H,32,38)(H,33,37)(H,34,36). The minimum absolute atomic E-state index is 0.0644. The predicted octanol–water partition coefficient (Wildman–Crippen LogP) is 4.05. The lowest BCUT2D eigenvalue weighted by molar-refractivity contribution is -0.129. The Morgan fingerprint density at radius 3 is 2.10 bits per heavy atom. The molecule has 1 saturated carbocycles. The number of hydrogen-bond acceptors (Lipinski definition) is 5. The molecule has 0 radical (unpaired) electrons. The van der Waals surface area contributed by atoms with Gasteiger partial charge in [-0.15, -0.1) is 0 Å². The Balaban J connectivity index is 1.48. The lowest BCUT2D eigenvalue weighted by Gasteiger charge is -2.45. The lowest BCUT2D eigenvalue weighted by atomic mass is 9.74. The van der Waals surface area contributed by atoms with Gasteiger partial charge in [-0.1, -0.05) is 74.5 Å². The van der Waals surface area contributed by atoms with E-state index < -0.39 is 18.0 Å². The van der Waals surface area contributed by atoms with Crippen LogP contribution in [-0.4, -0.2) is 61.1 Å². The van der Waals surface area contributed by atoms with Crippen LogP contribution in [0.5, 0.6) is 0 Å². The minimum atomic E-state index is -0.680. The van der Waals surface area contributed by atoms with Crippen molar-refractivity contribution in [3.05, 3.63) is 71.8 Å². The first-order chi connectivity index (χ1) is 18.7. The second-order valence-corrected chi connectivity index (χ2v) is 11.2. The van der Waals surface area contributed by atoms with E-state index in [0.717, 1.165) is 37.7 Å². The van der Waals surface area contributed by atoms with Gasteiger partial charge < -0.3 is 25.6 Å². The largest absolute Gasteiger partial charge is 0.445 e. The molecule has 1 aliphatic carbocycles. The number of hydrogen-bond donors (Lipinski definition) is 3. The van der Waals surface area contributed by atoms with E-state index in [9.17, 15) is 14.4 Å². The van der Waals surface area contributed by atoms with Crippen molar-refractivity contribution in [2.75, 3.05) is 20.6 Å². The fraction of sp³-hybridized carbons (Fsp3) is 0.516. The summed E-state index contributed by atoms with van der Waals surface area (Å²) in [6.45, 7) is 3.89. The third kappa shape index (κ3) is 9.70. The summed E-state index contributed by atoms with van der Waals surface area (Å²) in [6, 6.07) is 19.3. The first-order valence-electron chi connectivity index (χ1n) is 13.9. The minimum Gasteiger partial charge on any atom is -0.445 e. The van der Waals surface area contributed by atoms with Gasteiger partial charge in [0.05, 0.1) is 0 Å². The molecular weight excluding hydrogens is 492 g/mol. The van der Waals surface area contributed by atoms with Crippen LogP contribution in [0.15, 0.2) is 60.7 Å². The second kappa shape index (κ2) is 14.7. The van der Waals surface area contributed by atoms with E-state index in [1.165, 1.54) is 5.56 Å². The van der Waals surface area contributed by atoms with Crippen LogP contribution in [0.3, 0.4) is 0 Å². The average molecular weight is 537 g/mol. The van der Waals surface area contributed by atoms with E-state index in [0.29, 0.717) is 6.42 Å². The van der Waals surface area contributed by atoms with E-state index in [2.05, 4.69) is 59.2 Å². The topological polar surface area (TPSA) is 99.8 Å². The van der Waals surface area contributed by atoms with Crippen LogP contribution in [0.2, 0.25) is 0 Å². The van der Waals surface area contributed by atoms with Gasteiger partial charge in [-0.2, -0.15) is 0 Å². The molecule has 3 N–H and O–H groups in total. The Hall–Kier alpha value is -3.39. The fourth-order valence-electron chi connectivity index (χ4n) is 5.23. The number of nitrogens with one attached hydrogen (secondary N) is 3. The molecule has 1 unspecified atom stereocenters. The van der Waals surface area contributed by atoms with Crippen molar-refractivity contribution in [3.63, 3.8) is 0 Å². The number of nitrogens with zero attached hydrogens (tertiary/aromatic N) is 1. The number of rotatable bonds is 12. The van der Waals surface area contributed by atoms with Crippen molar-refractivity contribution in [2.45, 2.75) is 76.6 Å². The molecule has 1 fully saturated rings. The fourth-order valence-corrected chi connectivity index (χ4v) is 5.23. The number of carbonyl (C=O) groups excluding carboxylic acids is 3. The van der Waals surface area contributed by atoms with E-state index >= 15 is 0 Å². The normalized spacial score (nSPS) is 19.8. The molecule has 8 nitrogen and oxygen atoms in total. The first kappa shape index (κ1) is 30.2. The van der Waals surface area contributed by atoms with E-state index in [1.54, 1.807) is 0 Å². The Morgan fingerprint density at radius 1 is 0.949 bits per heavy atom. The third-order valence-corrected chi connectivity index (χ3v) is 7.55. The first-order valence-corrected chi connectivity index (χ1v) is 13.9. The van der Waals surface area contributed by atoms with Crippen LogP contribution in [0.4, 0.5) is 4.79 Å². The highest BCUT2D eigenvalue weighted by Crippen LogP contribution is 2.35. The second-order valence-electron chi connectivity index (χ2n) is 11.2. The zero-order valence-electron chi connectivity index (χ0n) is 23.7.